The number of morpholine rings is 1. The quantitative estimate of drug-likeness (QED) is 0.335. The Bertz CT molecular complexity index is 1680. The summed E-state index contributed by atoms with van der Waals surface area (Å²) in [6.45, 7) is 8.49. The SMILES string of the molecule is CCS(=O)(=O)NC(=O)c1cc(-c2ccc(N(C)C)nc2)c2c(C(C)C)nn(-c3cccc(N4CCOCC4)c3)c2n1. The molecule has 0 saturated carbocycles. The molecule has 1 fully saturated rings. The van der Waals surface area contributed by atoms with Crippen LogP contribution in [0.2, 0.25) is 0 Å². The first-order chi connectivity index (χ1) is 19.6. The molecule has 1 aliphatic rings. The van der Waals surface area contributed by atoms with Gasteiger partial charge in [0.1, 0.15) is 11.5 Å². The first-order valence-corrected chi connectivity index (χ1v) is 15.3. The van der Waals surface area contributed by atoms with E-state index in [4.69, 9.17) is 14.8 Å². The Balaban J connectivity index is 1.74. The molecule has 0 spiro atoms. The summed E-state index contributed by atoms with van der Waals surface area (Å²) in [5.41, 5.74) is 4.52. The normalized spacial score (nSPS) is 14.0. The molecular formula is C29H35N7O4S. The highest BCUT2D eigenvalue weighted by molar-refractivity contribution is 7.90. The van der Waals surface area contributed by atoms with Gasteiger partial charge in [0.2, 0.25) is 10.0 Å². The molecule has 1 amide bonds. The number of amides is 1. The monoisotopic (exact) mass is 577 g/mol. The fourth-order valence-electron chi connectivity index (χ4n) is 4.79. The van der Waals surface area contributed by atoms with Gasteiger partial charge in [0.25, 0.3) is 5.91 Å². The molecule has 0 aliphatic carbocycles. The molecule has 5 rings (SSSR count). The highest BCUT2D eigenvalue weighted by atomic mass is 32.2. The lowest BCUT2D eigenvalue weighted by molar-refractivity contribution is 0.0977. The van der Waals surface area contributed by atoms with Gasteiger partial charge < -0.3 is 14.5 Å². The molecule has 1 N–H and O–H groups in total. The van der Waals surface area contributed by atoms with Crippen molar-refractivity contribution in [1.29, 1.82) is 0 Å². The van der Waals surface area contributed by atoms with E-state index < -0.39 is 15.9 Å². The number of sulfonamides is 1. The number of nitrogens with zero attached hydrogens (tertiary/aromatic N) is 6. The second-order valence-corrected chi connectivity index (χ2v) is 12.5. The number of aromatic nitrogens is 4. The number of rotatable bonds is 8. The number of ether oxygens (including phenoxy) is 1. The third kappa shape index (κ3) is 5.89. The van der Waals surface area contributed by atoms with Crippen molar-refractivity contribution in [3.8, 4) is 16.8 Å². The maximum absolute atomic E-state index is 13.2. The van der Waals surface area contributed by atoms with E-state index in [0.717, 1.165) is 46.9 Å². The highest BCUT2D eigenvalue weighted by Crippen LogP contribution is 2.36. The highest BCUT2D eigenvalue weighted by Gasteiger charge is 2.25. The van der Waals surface area contributed by atoms with Crippen LogP contribution in [0, 0.1) is 0 Å². The van der Waals surface area contributed by atoms with E-state index in [0.29, 0.717) is 24.4 Å². The molecule has 1 aromatic carbocycles. The minimum absolute atomic E-state index is 0.0259. The number of hydrogen-bond donors (Lipinski definition) is 1. The van der Waals surface area contributed by atoms with E-state index in [1.165, 1.54) is 6.92 Å². The predicted octanol–water partition coefficient (Wildman–Crippen LogP) is 3.59. The van der Waals surface area contributed by atoms with Crippen LogP contribution in [0.5, 0.6) is 0 Å². The van der Waals surface area contributed by atoms with E-state index in [-0.39, 0.29) is 17.4 Å². The Hall–Kier alpha value is -4.03. The van der Waals surface area contributed by atoms with Crippen LogP contribution in [0.15, 0.2) is 48.7 Å². The molecule has 4 heterocycles. The van der Waals surface area contributed by atoms with Crippen LogP contribution in [0.3, 0.4) is 0 Å². The lowest BCUT2D eigenvalue weighted by Gasteiger charge is -2.29. The van der Waals surface area contributed by atoms with Crippen LogP contribution >= 0.6 is 0 Å². The second-order valence-electron chi connectivity index (χ2n) is 10.5. The summed E-state index contributed by atoms with van der Waals surface area (Å²) in [5, 5.41) is 5.78. The van der Waals surface area contributed by atoms with Crippen molar-refractivity contribution < 1.29 is 17.9 Å². The summed E-state index contributed by atoms with van der Waals surface area (Å²) in [4.78, 5) is 26.7. The number of anilines is 2. The van der Waals surface area contributed by atoms with Gasteiger partial charge >= 0.3 is 0 Å². The molecule has 3 aromatic heterocycles. The van der Waals surface area contributed by atoms with Crippen LogP contribution in [0.1, 0.15) is 42.9 Å². The van der Waals surface area contributed by atoms with Crippen molar-refractivity contribution in [2.24, 2.45) is 0 Å². The fraction of sp³-hybridized carbons (Fsp3) is 0.379. The lowest BCUT2D eigenvalue weighted by atomic mass is 9.98. The number of fused-ring (bicyclic) bond motifs is 1. The molecule has 0 unspecified atom stereocenters. The van der Waals surface area contributed by atoms with Crippen molar-refractivity contribution in [1.82, 2.24) is 24.5 Å². The van der Waals surface area contributed by atoms with Crippen LogP contribution in [0.4, 0.5) is 11.5 Å². The van der Waals surface area contributed by atoms with Gasteiger partial charge in [-0.25, -0.2) is 27.8 Å². The predicted molar refractivity (Wildman–Crippen MR) is 160 cm³/mol. The lowest BCUT2D eigenvalue weighted by Crippen LogP contribution is -2.36. The Labute approximate surface area is 240 Å². The molecule has 0 radical (unpaired) electrons. The van der Waals surface area contributed by atoms with Crippen LogP contribution in [-0.2, 0) is 14.8 Å². The zero-order chi connectivity index (χ0) is 29.3. The standard InChI is InChI=1S/C29H35N7O4S/c1-6-41(38,39)33-29(37)24-17-23(20-10-11-25(30-18-20)34(4)5)26-27(19(2)3)32-36(28(26)31-24)22-9-7-8-21(16-22)35-12-14-40-15-13-35/h7-11,16-19H,6,12-15H2,1-5H3,(H,33,37). The smallest absolute Gasteiger partial charge is 0.283 e. The number of carbonyl (C=O) groups excluding carboxylic acids is 1. The summed E-state index contributed by atoms with van der Waals surface area (Å²) in [7, 11) is 0.0269. The molecule has 0 atom stereocenters. The Morgan fingerprint density at radius 3 is 2.46 bits per heavy atom. The van der Waals surface area contributed by atoms with Gasteiger partial charge in [-0.15, -0.1) is 0 Å². The summed E-state index contributed by atoms with van der Waals surface area (Å²) < 4.78 is 33.9. The van der Waals surface area contributed by atoms with Crippen molar-refractivity contribution in [3.63, 3.8) is 0 Å². The topological polar surface area (TPSA) is 123 Å². The molecule has 4 aromatic rings. The Morgan fingerprint density at radius 2 is 1.83 bits per heavy atom. The molecule has 12 heteroatoms. The molecule has 1 aliphatic heterocycles. The minimum atomic E-state index is -3.80. The van der Waals surface area contributed by atoms with Gasteiger partial charge in [-0.3, -0.25) is 4.79 Å². The summed E-state index contributed by atoms with van der Waals surface area (Å²) in [6, 6.07) is 13.5. The van der Waals surface area contributed by atoms with E-state index in [1.807, 2.05) is 49.3 Å². The van der Waals surface area contributed by atoms with Crippen molar-refractivity contribution in [3.05, 3.63) is 60.0 Å². The summed E-state index contributed by atoms with van der Waals surface area (Å²) in [5.74, 6) is -0.205. The zero-order valence-electron chi connectivity index (χ0n) is 24.0. The van der Waals surface area contributed by atoms with Crippen molar-refractivity contribution >= 4 is 38.5 Å². The number of carbonyl (C=O) groups is 1. The maximum Gasteiger partial charge on any atom is 0.283 e. The average molecular weight is 578 g/mol. The number of hydrogen-bond acceptors (Lipinski definition) is 9. The molecule has 11 nitrogen and oxygen atoms in total. The summed E-state index contributed by atoms with van der Waals surface area (Å²) in [6.07, 6.45) is 1.75. The number of pyridine rings is 2. The fourth-order valence-corrected chi connectivity index (χ4v) is 5.32. The zero-order valence-corrected chi connectivity index (χ0v) is 24.8. The first-order valence-electron chi connectivity index (χ1n) is 13.6. The van der Waals surface area contributed by atoms with Crippen molar-refractivity contribution in [2.45, 2.75) is 26.7 Å². The van der Waals surface area contributed by atoms with E-state index in [9.17, 15) is 13.2 Å². The molecule has 0 bridgehead atoms. The molecular weight excluding hydrogens is 542 g/mol. The third-order valence-corrected chi connectivity index (χ3v) is 8.30. The number of nitrogens with one attached hydrogen (secondary N) is 1. The maximum atomic E-state index is 13.2. The Morgan fingerprint density at radius 1 is 1.10 bits per heavy atom. The first kappa shape index (κ1) is 28.5. The van der Waals surface area contributed by atoms with E-state index in [2.05, 4.69) is 34.5 Å². The van der Waals surface area contributed by atoms with Gasteiger partial charge in [0.15, 0.2) is 5.65 Å². The van der Waals surface area contributed by atoms with E-state index in [1.54, 1.807) is 16.9 Å². The average Bonchev–Trinajstić information content (AvgIpc) is 3.37. The van der Waals surface area contributed by atoms with Gasteiger partial charge in [-0.1, -0.05) is 19.9 Å². The third-order valence-electron chi connectivity index (χ3n) is 7.04. The van der Waals surface area contributed by atoms with Crippen LogP contribution < -0.4 is 14.5 Å². The Kier molecular flexibility index (Phi) is 7.96. The van der Waals surface area contributed by atoms with E-state index >= 15 is 0 Å². The van der Waals surface area contributed by atoms with Crippen LogP contribution in [-0.4, -0.2) is 80.2 Å². The van der Waals surface area contributed by atoms with Gasteiger partial charge in [0, 0.05) is 44.6 Å². The molecule has 1 saturated heterocycles. The molecule has 216 valence electrons. The van der Waals surface area contributed by atoms with Crippen molar-refractivity contribution in [2.75, 3.05) is 56.0 Å². The molecule has 41 heavy (non-hydrogen) atoms. The van der Waals surface area contributed by atoms with Gasteiger partial charge in [-0.2, -0.15) is 5.10 Å². The largest absolute Gasteiger partial charge is 0.378 e. The van der Waals surface area contributed by atoms with Gasteiger partial charge in [0.05, 0.1) is 35.7 Å². The summed E-state index contributed by atoms with van der Waals surface area (Å²) >= 11 is 0. The number of benzene rings is 1. The second kappa shape index (κ2) is 11.5. The van der Waals surface area contributed by atoms with Crippen LogP contribution in [0.25, 0.3) is 27.8 Å². The minimum Gasteiger partial charge on any atom is -0.378 e. The van der Waals surface area contributed by atoms with Gasteiger partial charge in [-0.05, 0) is 54.8 Å².